The maximum absolute atomic E-state index is 11.5. The molecular formula is C8H16N2O6S. The van der Waals surface area contributed by atoms with E-state index in [4.69, 9.17) is 5.11 Å². The molecule has 0 aliphatic carbocycles. The van der Waals surface area contributed by atoms with E-state index in [-0.39, 0.29) is 13.0 Å². The number of ether oxygens (including phenoxy) is 1. The van der Waals surface area contributed by atoms with Gasteiger partial charge in [0.15, 0.2) is 0 Å². The Bertz CT molecular complexity index is 379. The van der Waals surface area contributed by atoms with E-state index in [0.29, 0.717) is 0 Å². The molecule has 0 aromatic rings. The first-order valence-corrected chi connectivity index (χ1v) is 6.18. The van der Waals surface area contributed by atoms with Crippen LogP contribution in [-0.2, 0) is 24.5 Å². The number of nitrogens with one attached hydrogen (secondary N) is 1. The van der Waals surface area contributed by atoms with Crippen molar-refractivity contribution in [3.63, 3.8) is 0 Å². The molecule has 0 amide bonds. The molecule has 0 aliphatic rings. The van der Waals surface area contributed by atoms with Crippen LogP contribution >= 0.6 is 0 Å². The van der Waals surface area contributed by atoms with E-state index in [1.54, 1.807) is 0 Å². The smallest absolute Gasteiger partial charge is 0.321 e. The van der Waals surface area contributed by atoms with Crippen LogP contribution in [0, 0.1) is 0 Å². The molecule has 17 heavy (non-hydrogen) atoms. The van der Waals surface area contributed by atoms with Crippen molar-refractivity contribution < 1.29 is 27.9 Å². The number of hydrogen-bond donors (Lipinski definition) is 2. The molecule has 2 N–H and O–H groups in total. The fourth-order valence-corrected chi connectivity index (χ4v) is 1.89. The standard InChI is InChI=1S/C8H16N2O6S/c1-6(8(12)13)9-17(14,15)10(2)5-4-7(11)16-3/h6,9H,4-5H2,1-3H3,(H,12,13). The molecule has 100 valence electrons. The van der Waals surface area contributed by atoms with E-state index in [1.807, 2.05) is 4.72 Å². The summed E-state index contributed by atoms with van der Waals surface area (Å²) in [5, 5.41) is 8.56. The third-order valence-corrected chi connectivity index (χ3v) is 3.62. The summed E-state index contributed by atoms with van der Waals surface area (Å²) in [5.74, 6) is -1.83. The minimum Gasteiger partial charge on any atom is -0.480 e. The highest BCUT2D eigenvalue weighted by Gasteiger charge is 2.23. The number of carbonyl (C=O) groups is 2. The molecule has 0 aliphatic heterocycles. The summed E-state index contributed by atoms with van der Waals surface area (Å²) in [6.07, 6.45) is -0.102. The summed E-state index contributed by atoms with van der Waals surface area (Å²) in [5.41, 5.74) is 0. The molecule has 0 spiro atoms. The Labute approximate surface area is 99.7 Å². The summed E-state index contributed by atoms with van der Waals surface area (Å²) >= 11 is 0. The Balaban J connectivity index is 4.40. The van der Waals surface area contributed by atoms with Crippen LogP contribution in [-0.4, -0.2) is 56.5 Å². The van der Waals surface area contributed by atoms with Crippen molar-refractivity contribution in [1.82, 2.24) is 9.03 Å². The van der Waals surface area contributed by atoms with Crippen molar-refractivity contribution in [2.45, 2.75) is 19.4 Å². The van der Waals surface area contributed by atoms with Crippen LogP contribution < -0.4 is 4.72 Å². The Morgan fingerprint density at radius 3 is 2.41 bits per heavy atom. The second kappa shape index (κ2) is 6.52. The van der Waals surface area contributed by atoms with E-state index >= 15 is 0 Å². The monoisotopic (exact) mass is 268 g/mol. The SMILES string of the molecule is COC(=O)CCN(C)S(=O)(=O)NC(C)C(=O)O. The topological polar surface area (TPSA) is 113 Å². The van der Waals surface area contributed by atoms with Crippen LogP contribution in [0.15, 0.2) is 0 Å². The Morgan fingerprint density at radius 1 is 1.47 bits per heavy atom. The van der Waals surface area contributed by atoms with Crippen molar-refractivity contribution in [3.8, 4) is 0 Å². The molecule has 0 aromatic carbocycles. The lowest BCUT2D eigenvalue weighted by Crippen LogP contribution is -2.46. The molecule has 9 heteroatoms. The quantitative estimate of drug-likeness (QED) is 0.560. The summed E-state index contributed by atoms with van der Waals surface area (Å²) in [6.45, 7) is 1.11. The Kier molecular flexibility index (Phi) is 6.07. The minimum absolute atomic E-state index is 0.0889. The molecule has 0 saturated carbocycles. The van der Waals surface area contributed by atoms with Gasteiger partial charge in [0.2, 0.25) is 0 Å². The van der Waals surface area contributed by atoms with Gasteiger partial charge in [-0.2, -0.15) is 17.4 Å². The van der Waals surface area contributed by atoms with Crippen LogP contribution in [0.3, 0.4) is 0 Å². The first-order valence-electron chi connectivity index (χ1n) is 4.74. The summed E-state index contributed by atoms with van der Waals surface area (Å²) in [6, 6.07) is -1.24. The fourth-order valence-electron chi connectivity index (χ4n) is 0.835. The fraction of sp³-hybridized carbons (Fsp3) is 0.750. The number of methoxy groups -OCH3 is 1. The van der Waals surface area contributed by atoms with Crippen LogP contribution in [0.2, 0.25) is 0 Å². The molecule has 0 saturated heterocycles. The van der Waals surface area contributed by atoms with Gasteiger partial charge in [-0.05, 0) is 6.92 Å². The van der Waals surface area contributed by atoms with Gasteiger partial charge in [0.1, 0.15) is 6.04 Å². The van der Waals surface area contributed by atoms with Gasteiger partial charge in [-0.3, -0.25) is 9.59 Å². The van der Waals surface area contributed by atoms with Crippen molar-refractivity contribution in [3.05, 3.63) is 0 Å². The molecule has 8 nitrogen and oxygen atoms in total. The van der Waals surface area contributed by atoms with Crippen molar-refractivity contribution in [2.75, 3.05) is 20.7 Å². The third kappa shape index (κ3) is 5.61. The van der Waals surface area contributed by atoms with E-state index in [2.05, 4.69) is 4.74 Å². The van der Waals surface area contributed by atoms with E-state index in [1.165, 1.54) is 21.1 Å². The van der Waals surface area contributed by atoms with Crippen molar-refractivity contribution in [1.29, 1.82) is 0 Å². The lowest BCUT2D eigenvalue weighted by Gasteiger charge is -2.18. The highest BCUT2D eigenvalue weighted by molar-refractivity contribution is 7.87. The predicted octanol–water partition coefficient (Wildman–Crippen LogP) is -1.21. The summed E-state index contributed by atoms with van der Waals surface area (Å²) in [4.78, 5) is 21.3. The molecule has 1 unspecified atom stereocenters. The lowest BCUT2D eigenvalue weighted by molar-refractivity contribution is -0.141. The first-order chi connectivity index (χ1) is 7.70. The molecule has 0 rings (SSSR count). The normalized spacial score (nSPS) is 13.4. The minimum atomic E-state index is -3.91. The average molecular weight is 268 g/mol. The van der Waals surface area contributed by atoms with Crippen molar-refractivity contribution in [2.24, 2.45) is 0 Å². The molecule has 0 fully saturated rings. The van der Waals surface area contributed by atoms with E-state index in [0.717, 1.165) is 4.31 Å². The molecule has 1 atom stereocenters. The van der Waals surface area contributed by atoms with Crippen LogP contribution in [0.1, 0.15) is 13.3 Å². The largest absolute Gasteiger partial charge is 0.480 e. The van der Waals surface area contributed by atoms with Gasteiger partial charge >= 0.3 is 11.9 Å². The summed E-state index contributed by atoms with van der Waals surface area (Å²) < 4.78 is 30.2. The number of rotatable bonds is 7. The van der Waals surface area contributed by atoms with Gasteiger partial charge in [-0.25, -0.2) is 0 Å². The highest BCUT2D eigenvalue weighted by Crippen LogP contribution is 1.98. The maximum atomic E-state index is 11.5. The Hall–Kier alpha value is -1.19. The third-order valence-electron chi connectivity index (χ3n) is 1.96. The number of nitrogens with zero attached hydrogens (tertiary/aromatic N) is 1. The molecule has 0 aromatic heterocycles. The van der Waals surface area contributed by atoms with Gasteiger partial charge in [0, 0.05) is 13.6 Å². The number of esters is 1. The van der Waals surface area contributed by atoms with Crippen LogP contribution in [0.4, 0.5) is 0 Å². The van der Waals surface area contributed by atoms with Gasteiger partial charge in [-0.15, -0.1) is 0 Å². The molecule has 0 heterocycles. The highest BCUT2D eigenvalue weighted by atomic mass is 32.2. The number of carbonyl (C=O) groups excluding carboxylic acids is 1. The predicted molar refractivity (Wildman–Crippen MR) is 58.4 cm³/mol. The zero-order valence-corrected chi connectivity index (χ0v) is 10.7. The summed E-state index contributed by atoms with van der Waals surface area (Å²) in [7, 11) is -1.48. The number of carboxylic acids is 1. The molecule has 0 radical (unpaired) electrons. The zero-order valence-electron chi connectivity index (χ0n) is 9.84. The number of hydrogen-bond acceptors (Lipinski definition) is 5. The zero-order chi connectivity index (χ0) is 13.6. The van der Waals surface area contributed by atoms with E-state index in [9.17, 15) is 18.0 Å². The maximum Gasteiger partial charge on any atom is 0.321 e. The average Bonchev–Trinajstić information content (AvgIpc) is 2.24. The number of aliphatic carboxylic acids is 1. The van der Waals surface area contributed by atoms with Crippen LogP contribution in [0.5, 0.6) is 0 Å². The second-order valence-electron chi connectivity index (χ2n) is 3.33. The van der Waals surface area contributed by atoms with Crippen molar-refractivity contribution >= 4 is 22.1 Å². The van der Waals surface area contributed by atoms with Gasteiger partial charge < -0.3 is 9.84 Å². The van der Waals surface area contributed by atoms with Crippen LogP contribution in [0.25, 0.3) is 0 Å². The molecular weight excluding hydrogens is 252 g/mol. The van der Waals surface area contributed by atoms with Gasteiger partial charge in [0.25, 0.3) is 10.2 Å². The number of carboxylic acid groups (broad SMARTS) is 1. The molecule has 0 bridgehead atoms. The van der Waals surface area contributed by atoms with Gasteiger partial charge in [-0.1, -0.05) is 0 Å². The van der Waals surface area contributed by atoms with E-state index < -0.39 is 28.2 Å². The lowest BCUT2D eigenvalue weighted by atomic mass is 10.4. The second-order valence-corrected chi connectivity index (χ2v) is 5.14. The van der Waals surface area contributed by atoms with Gasteiger partial charge in [0.05, 0.1) is 13.5 Å². The Morgan fingerprint density at radius 2 is 2.00 bits per heavy atom. The first kappa shape index (κ1) is 15.8.